The van der Waals surface area contributed by atoms with Crippen molar-refractivity contribution in [3.63, 3.8) is 0 Å². The first kappa shape index (κ1) is 14.6. The van der Waals surface area contributed by atoms with E-state index in [0.717, 1.165) is 29.2 Å². The van der Waals surface area contributed by atoms with Gasteiger partial charge in [-0.1, -0.05) is 30.0 Å². The highest BCUT2D eigenvalue weighted by Gasteiger charge is 2.13. The van der Waals surface area contributed by atoms with Gasteiger partial charge in [-0.25, -0.2) is 0 Å². The summed E-state index contributed by atoms with van der Waals surface area (Å²) in [6.45, 7) is 0. The Kier molecular flexibility index (Phi) is 4.70. The van der Waals surface area contributed by atoms with E-state index in [9.17, 15) is 0 Å². The van der Waals surface area contributed by atoms with Crippen molar-refractivity contribution >= 4 is 11.8 Å². The van der Waals surface area contributed by atoms with E-state index in [1.165, 1.54) is 11.8 Å². The molecule has 112 valence electrons. The van der Waals surface area contributed by atoms with Crippen molar-refractivity contribution in [1.82, 2.24) is 15.2 Å². The minimum absolute atomic E-state index is 0.470. The highest BCUT2D eigenvalue weighted by molar-refractivity contribution is 7.99. The minimum atomic E-state index is 0.470. The van der Waals surface area contributed by atoms with Gasteiger partial charge in [-0.2, -0.15) is 0 Å². The lowest BCUT2D eigenvalue weighted by atomic mass is 10.2. The number of thioether (sulfide) groups is 1. The molecule has 0 amide bonds. The van der Waals surface area contributed by atoms with Gasteiger partial charge >= 0.3 is 0 Å². The predicted octanol–water partition coefficient (Wildman–Crippen LogP) is 3.48. The number of aromatic nitrogens is 3. The fraction of sp³-hybridized carbons (Fsp3) is 0.188. The Hall–Kier alpha value is -2.34. The highest BCUT2D eigenvalue weighted by Crippen LogP contribution is 2.30. The maximum Gasteiger partial charge on any atom is 0.276 e. The van der Waals surface area contributed by atoms with Crippen molar-refractivity contribution in [3.05, 3.63) is 54.4 Å². The summed E-state index contributed by atoms with van der Waals surface area (Å²) in [6.07, 6.45) is 2.66. The largest absolute Gasteiger partial charge is 0.496 e. The molecule has 0 N–H and O–H groups in total. The molecule has 0 bridgehead atoms. The molecule has 0 saturated carbocycles. The van der Waals surface area contributed by atoms with Crippen LogP contribution in [0.1, 0.15) is 5.69 Å². The lowest BCUT2D eigenvalue weighted by Gasteiger charge is -2.03. The van der Waals surface area contributed by atoms with Crippen molar-refractivity contribution in [2.75, 3.05) is 12.9 Å². The number of aryl methyl sites for hydroxylation is 1. The highest BCUT2D eigenvalue weighted by atomic mass is 32.2. The fourth-order valence-electron chi connectivity index (χ4n) is 1.99. The standard InChI is InChI=1S/C16H15N3O2S/c1-20-14-8-3-2-7-13(14)15-18-19-16(21-15)22-11-9-12-6-4-5-10-17-12/h2-8,10H,9,11H2,1H3. The van der Waals surface area contributed by atoms with Gasteiger partial charge in [0, 0.05) is 17.6 Å². The van der Waals surface area contributed by atoms with Crippen molar-refractivity contribution < 1.29 is 9.15 Å². The van der Waals surface area contributed by atoms with Gasteiger partial charge < -0.3 is 9.15 Å². The molecule has 0 aliphatic heterocycles. The predicted molar refractivity (Wildman–Crippen MR) is 85.0 cm³/mol. The Morgan fingerprint density at radius 3 is 2.77 bits per heavy atom. The van der Waals surface area contributed by atoms with Crippen molar-refractivity contribution in [1.29, 1.82) is 0 Å². The van der Waals surface area contributed by atoms with Gasteiger partial charge in [0.05, 0.1) is 12.7 Å². The van der Waals surface area contributed by atoms with E-state index >= 15 is 0 Å². The van der Waals surface area contributed by atoms with E-state index in [1.807, 2.05) is 42.5 Å². The van der Waals surface area contributed by atoms with E-state index < -0.39 is 0 Å². The van der Waals surface area contributed by atoms with Crippen LogP contribution in [0.3, 0.4) is 0 Å². The molecule has 0 spiro atoms. The lowest BCUT2D eigenvalue weighted by molar-refractivity contribution is 0.411. The van der Waals surface area contributed by atoms with Gasteiger partial charge in [0.15, 0.2) is 0 Å². The van der Waals surface area contributed by atoms with Crippen molar-refractivity contribution in [3.8, 4) is 17.2 Å². The molecule has 2 heterocycles. The molecule has 1 aromatic carbocycles. The number of rotatable bonds is 6. The monoisotopic (exact) mass is 313 g/mol. The van der Waals surface area contributed by atoms with Gasteiger partial charge in [-0.3, -0.25) is 4.98 Å². The third kappa shape index (κ3) is 3.46. The van der Waals surface area contributed by atoms with Crippen LogP contribution >= 0.6 is 11.8 Å². The van der Waals surface area contributed by atoms with E-state index in [4.69, 9.17) is 9.15 Å². The number of hydrogen-bond acceptors (Lipinski definition) is 6. The second-order valence-electron chi connectivity index (χ2n) is 4.49. The van der Waals surface area contributed by atoms with E-state index in [1.54, 1.807) is 13.3 Å². The van der Waals surface area contributed by atoms with Crippen LogP contribution in [-0.4, -0.2) is 28.0 Å². The number of nitrogens with zero attached hydrogens (tertiary/aromatic N) is 3. The number of hydrogen-bond donors (Lipinski definition) is 0. The second kappa shape index (κ2) is 7.09. The molecule has 0 aliphatic rings. The maximum absolute atomic E-state index is 5.69. The molecule has 3 rings (SSSR count). The van der Waals surface area contributed by atoms with Gasteiger partial charge in [0.25, 0.3) is 11.1 Å². The summed E-state index contributed by atoms with van der Waals surface area (Å²) >= 11 is 1.52. The molecule has 3 aromatic rings. The normalized spacial score (nSPS) is 10.6. The van der Waals surface area contributed by atoms with Crippen LogP contribution in [0, 0.1) is 0 Å². The molecular formula is C16H15N3O2S. The average Bonchev–Trinajstić information content (AvgIpc) is 3.04. The van der Waals surface area contributed by atoms with Crippen LogP contribution in [-0.2, 0) is 6.42 Å². The molecule has 0 fully saturated rings. The van der Waals surface area contributed by atoms with Gasteiger partial charge in [0.2, 0.25) is 0 Å². The van der Waals surface area contributed by atoms with Crippen LogP contribution in [0.25, 0.3) is 11.5 Å². The SMILES string of the molecule is COc1ccccc1-c1nnc(SCCc2ccccn2)o1. The van der Waals surface area contributed by atoms with Crippen molar-refractivity contribution in [2.45, 2.75) is 11.6 Å². The van der Waals surface area contributed by atoms with Crippen molar-refractivity contribution in [2.24, 2.45) is 0 Å². The van der Waals surface area contributed by atoms with Gasteiger partial charge in [0.1, 0.15) is 5.75 Å². The van der Waals surface area contributed by atoms with Crippen LogP contribution < -0.4 is 4.74 Å². The van der Waals surface area contributed by atoms with E-state index in [2.05, 4.69) is 15.2 Å². The number of para-hydroxylation sites is 1. The number of pyridine rings is 1. The topological polar surface area (TPSA) is 61.0 Å². The fourth-order valence-corrected chi connectivity index (χ4v) is 2.71. The summed E-state index contributed by atoms with van der Waals surface area (Å²) in [7, 11) is 1.62. The van der Waals surface area contributed by atoms with Crippen LogP contribution in [0.5, 0.6) is 5.75 Å². The summed E-state index contributed by atoms with van der Waals surface area (Å²) < 4.78 is 11.0. The Bertz CT molecular complexity index is 731. The summed E-state index contributed by atoms with van der Waals surface area (Å²) in [6, 6.07) is 13.5. The first-order valence-electron chi connectivity index (χ1n) is 6.86. The Morgan fingerprint density at radius 2 is 1.95 bits per heavy atom. The summed E-state index contributed by atoms with van der Waals surface area (Å²) in [5.74, 6) is 2.03. The Balaban J connectivity index is 1.64. The first-order valence-corrected chi connectivity index (χ1v) is 7.85. The summed E-state index contributed by atoms with van der Waals surface area (Å²) in [5.41, 5.74) is 1.86. The molecule has 5 nitrogen and oxygen atoms in total. The minimum Gasteiger partial charge on any atom is -0.496 e. The Labute approximate surface area is 132 Å². The number of methoxy groups -OCH3 is 1. The zero-order valence-corrected chi connectivity index (χ0v) is 12.9. The van der Waals surface area contributed by atoms with Crippen LogP contribution in [0.2, 0.25) is 0 Å². The molecule has 0 unspecified atom stereocenters. The summed E-state index contributed by atoms with van der Waals surface area (Å²) in [5, 5.41) is 8.71. The quantitative estimate of drug-likeness (QED) is 0.649. The zero-order chi connectivity index (χ0) is 15.2. The molecule has 0 atom stereocenters. The smallest absolute Gasteiger partial charge is 0.276 e. The van der Waals surface area contributed by atoms with Gasteiger partial charge in [-0.15, -0.1) is 10.2 Å². The number of ether oxygens (including phenoxy) is 1. The second-order valence-corrected chi connectivity index (χ2v) is 5.54. The number of benzene rings is 1. The molecule has 2 aromatic heterocycles. The van der Waals surface area contributed by atoms with E-state index in [0.29, 0.717) is 11.1 Å². The van der Waals surface area contributed by atoms with Gasteiger partial charge in [-0.05, 0) is 30.7 Å². The molecule has 0 saturated heterocycles. The molecule has 0 aliphatic carbocycles. The molecule has 6 heteroatoms. The summed E-state index contributed by atoms with van der Waals surface area (Å²) in [4.78, 5) is 4.29. The third-order valence-electron chi connectivity index (χ3n) is 3.05. The first-order chi connectivity index (χ1) is 10.9. The molecular weight excluding hydrogens is 298 g/mol. The maximum atomic E-state index is 5.69. The molecule has 22 heavy (non-hydrogen) atoms. The lowest BCUT2D eigenvalue weighted by Crippen LogP contribution is -1.91. The average molecular weight is 313 g/mol. The van der Waals surface area contributed by atoms with Crippen LogP contribution in [0.4, 0.5) is 0 Å². The Morgan fingerprint density at radius 1 is 1.09 bits per heavy atom. The van der Waals surface area contributed by atoms with Crippen LogP contribution in [0.15, 0.2) is 58.3 Å². The van der Waals surface area contributed by atoms with E-state index in [-0.39, 0.29) is 0 Å². The molecule has 0 radical (unpaired) electrons. The third-order valence-corrected chi connectivity index (χ3v) is 3.87. The zero-order valence-electron chi connectivity index (χ0n) is 12.1.